The molecule has 0 aliphatic heterocycles. The van der Waals surface area contributed by atoms with Crippen molar-refractivity contribution in [3.63, 3.8) is 0 Å². The van der Waals surface area contributed by atoms with E-state index in [1.54, 1.807) is 29.8 Å². The molecule has 0 aliphatic carbocycles. The summed E-state index contributed by atoms with van der Waals surface area (Å²) in [6.45, 7) is 1.15. The van der Waals surface area contributed by atoms with Gasteiger partial charge in [-0.3, -0.25) is 0 Å². The normalized spacial score (nSPS) is 11.1. The van der Waals surface area contributed by atoms with Crippen molar-refractivity contribution in [3.05, 3.63) is 63.9 Å². The molecule has 0 saturated heterocycles. The second-order valence-corrected chi connectivity index (χ2v) is 7.24. The lowest BCUT2D eigenvalue weighted by Crippen LogP contribution is -2.05. The molecule has 4 aromatic rings. The number of methoxy groups -OCH3 is 1. The smallest absolute Gasteiger partial charge is 0.158 e. The van der Waals surface area contributed by atoms with Crippen molar-refractivity contribution in [3.8, 4) is 11.1 Å². The first kappa shape index (κ1) is 16.2. The van der Waals surface area contributed by atoms with Gasteiger partial charge in [-0.15, -0.1) is 11.3 Å². The first-order valence-corrected chi connectivity index (χ1v) is 9.75. The second-order valence-electron chi connectivity index (χ2n) is 5.60. The standard InChI is InChI=1S/C19H17N3OS2/c1-23-10-16-21-18(20-9-13-7-8-24-11-13)17-15(12-25-19(17)22-16)14-5-3-2-4-6-14/h2-8,11-12H,9-10H2,1H3,(H,20,21,22). The molecule has 0 radical (unpaired) electrons. The minimum Gasteiger partial charge on any atom is -0.377 e. The summed E-state index contributed by atoms with van der Waals surface area (Å²) in [5, 5.41) is 11.0. The molecule has 0 bridgehead atoms. The fraction of sp³-hybridized carbons (Fsp3) is 0.158. The highest BCUT2D eigenvalue weighted by Crippen LogP contribution is 2.37. The molecule has 0 aliphatic rings. The molecule has 6 heteroatoms. The summed E-state index contributed by atoms with van der Waals surface area (Å²) < 4.78 is 5.23. The molecule has 0 spiro atoms. The summed E-state index contributed by atoms with van der Waals surface area (Å²) in [5.74, 6) is 1.56. The molecule has 4 nitrogen and oxygen atoms in total. The Kier molecular flexibility index (Phi) is 4.74. The SMILES string of the molecule is COCc1nc(NCc2ccsc2)c2c(-c3ccccc3)csc2n1. The number of rotatable bonds is 6. The Morgan fingerprint density at radius 3 is 2.72 bits per heavy atom. The summed E-state index contributed by atoms with van der Waals surface area (Å²) in [7, 11) is 1.66. The number of hydrogen-bond donors (Lipinski definition) is 1. The molecule has 1 aromatic carbocycles. The van der Waals surface area contributed by atoms with Crippen molar-refractivity contribution in [1.82, 2.24) is 9.97 Å². The molecular formula is C19H17N3OS2. The molecule has 0 amide bonds. The maximum atomic E-state index is 5.23. The first-order chi connectivity index (χ1) is 12.3. The lowest BCUT2D eigenvalue weighted by Gasteiger charge is -2.10. The van der Waals surface area contributed by atoms with Crippen LogP contribution in [0.1, 0.15) is 11.4 Å². The fourth-order valence-electron chi connectivity index (χ4n) is 2.72. The summed E-state index contributed by atoms with van der Waals surface area (Å²) in [5.41, 5.74) is 3.59. The van der Waals surface area contributed by atoms with Crippen LogP contribution in [0.4, 0.5) is 5.82 Å². The monoisotopic (exact) mass is 367 g/mol. The van der Waals surface area contributed by atoms with Crippen LogP contribution in [-0.2, 0) is 17.9 Å². The van der Waals surface area contributed by atoms with E-state index in [0.717, 1.165) is 28.1 Å². The Bertz CT molecular complexity index is 965. The molecule has 25 heavy (non-hydrogen) atoms. The van der Waals surface area contributed by atoms with Crippen molar-refractivity contribution in [2.24, 2.45) is 0 Å². The van der Waals surface area contributed by atoms with Crippen LogP contribution in [0.25, 0.3) is 21.3 Å². The van der Waals surface area contributed by atoms with Crippen LogP contribution in [0.15, 0.2) is 52.5 Å². The van der Waals surface area contributed by atoms with E-state index in [0.29, 0.717) is 12.4 Å². The van der Waals surface area contributed by atoms with Crippen LogP contribution < -0.4 is 5.32 Å². The molecule has 4 rings (SSSR count). The van der Waals surface area contributed by atoms with Gasteiger partial charge in [0.05, 0.1) is 5.39 Å². The van der Waals surface area contributed by atoms with Gasteiger partial charge in [-0.1, -0.05) is 30.3 Å². The highest BCUT2D eigenvalue weighted by molar-refractivity contribution is 7.17. The molecule has 0 atom stereocenters. The number of fused-ring (bicyclic) bond motifs is 1. The van der Waals surface area contributed by atoms with Crippen molar-refractivity contribution in [2.45, 2.75) is 13.2 Å². The molecular weight excluding hydrogens is 350 g/mol. The van der Waals surface area contributed by atoms with Gasteiger partial charge in [-0.05, 0) is 28.0 Å². The molecule has 126 valence electrons. The van der Waals surface area contributed by atoms with Gasteiger partial charge < -0.3 is 10.1 Å². The third kappa shape index (κ3) is 3.42. The number of thiophene rings is 2. The maximum Gasteiger partial charge on any atom is 0.158 e. The Hall–Kier alpha value is -2.28. The van der Waals surface area contributed by atoms with Crippen LogP contribution in [0.3, 0.4) is 0 Å². The summed E-state index contributed by atoms with van der Waals surface area (Å²) in [6, 6.07) is 12.5. The second kappa shape index (κ2) is 7.31. The van der Waals surface area contributed by atoms with E-state index in [-0.39, 0.29) is 0 Å². The summed E-state index contributed by atoms with van der Waals surface area (Å²) in [4.78, 5) is 10.4. The number of nitrogens with zero attached hydrogens (tertiary/aromatic N) is 2. The van der Waals surface area contributed by atoms with Gasteiger partial charge in [0, 0.05) is 24.6 Å². The topological polar surface area (TPSA) is 47.0 Å². The average molecular weight is 367 g/mol. The highest BCUT2D eigenvalue weighted by atomic mass is 32.1. The van der Waals surface area contributed by atoms with Crippen LogP contribution in [0.5, 0.6) is 0 Å². The highest BCUT2D eigenvalue weighted by Gasteiger charge is 2.15. The number of hydrogen-bond acceptors (Lipinski definition) is 6. The van der Waals surface area contributed by atoms with E-state index in [1.165, 1.54) is 11.1 Å². The average Bonchev–Trinajstić information content (AvgIpc) is 3.30. The van der Waals surface area contributed by atoms with Crippen LogP contribution >= 0.6 is 22.7 Å². The quantitative estimate of drug-likeness (QED) is 0.510. The van der Waals surface area contributed by atoms with Crippen LogP contribution in [-0.4, -0.2) is 17.1 Å². The molecule has 0 fully saturated rings. The summed E-state index contributed by atoms with van der Waals surface area (Å²) in [6.07, 6.45) is 0. The van der Waals surface area contributed by atoms with Crippen LogP contribution in [0.2, 0.25) is 0 Å². The number of anilines is 1. The zero-order valence-corrected chi connectivity index (χ0v) is 15.4. The van der Waals surface area contributed by atoms with E-state index in [4.69, 9.17) is 9.72 Å². The molecule has 3 aromatic heterocycles. The zero-order valence-electron chi connectivity index (χ0n) is 13.7. The maximum absolute atomic E-state index is 5.23. The Morgan fingerprint density at radius 1 is 1.08 bits per heavy atom. The van der Waals surface area contributed by atoms with Gasteiger partial charge in [-0.25, -0.2) is 9.97 Å². The largest absolute Gasteiger partial charge is 0.377 e. The van der Waals surface area contributed by atoms with E-state index in [1.807, 2.05) is 6.07 Å². The molecule has 0 saturated carbocycles. The van der Waals surface area contributed by atoms with Gasteiger partial charge in [0.2, 0.25) is 0 Å². The minimum atomic E-state index is 0.404. The summed E-state index contributed by atoms with van der Waals surface area (Å²) >= 11 is 3.34. The number of ether oxygens (including phenoxy) is 1. The van der Waals surface area contributed by atoms with Gasteiger partial charge in [0.15, 0.2) is 5.82 Å². The predicted octanol–water partition coefficient (Wildman–Crippen LogP) is 5.18. The lowest BCUT2D eigenvalue weighted by molar-refractivity contribution is 0.178. The van der Waals surface area contributed by atoms with Crippen molar-refractivity contribution >= 4 is 38.7 Å². The van der Waals surface area contributed by atoms with Gasteiger partial charge >= 0.3 is 0 Å². The molecule has 0 unspecified atom stereocenters. The van der Waals surface area contributed by atoms with E-state index in [2.05, 4.69) is 56.8 Å². The lowest BCUT2D eigenvalue weighted by atomic mass is 10.1. The predicted molar refractivity (Wildman–Crippen MR) is 105 cm³/mol. The Labute approximate surface area is 154 Å². The number of benzene rings is 1. The zero-order chi connectivity index (χ0) is 17.1. The van der Waals surface area contributed by atoms with Crippen molar-refractivity contribution < 1.29 is 4.74 Å². The van der Waals surface area contributed by atoms with Crippen LogP contribution in [0, 0.1) is 0 Å². The Balaban J connectivity index is 1.80. The molecule has 3 heterocycles. The Morgan fingerprint density at radius 2 is 1.96 bits per heavy atom. The third-order valence-corrected chi connectivity index (χ3v) is 5.48. The first-order valence-electron chi connectivity index (χ1n) is 7.92. The number of aromatic nitrogens is 2. The van der Waals surface area contributed by atoms with E-state index < -0.39 is 0 Å². The van der Waals surface area contributed by atoms with E-state index in [9.17, 15) is 0 Å². The van der Waals surface area contributed by atoms with Gasteiger partial charge in [0.25, 0.3) is 0 Å². The third-order valence-electron chi connectivity index (χ3n) is 3.88. The van der Waals surface area contributed by atoms with Crippen molar-refractivity contribution in [1.29, 1.82) is 0 Å². The van der Waals surface area contributed by atoms with Gasteiger partial charge in [-0.2, -0.15) is 11.3 Å². The minimum absolute atomic E-state index is 0.404. The van der Waals surface area contributed by atoms with E-state index >= 15 is 0 Å². The van der Waals surface area contributed by atoms with Crippen molar-refractivity contribution in [2.75, 3.05) is 12.4 Å². The van der Waals surface area contributed by atoms with Gasteiger partial charge in [0.1, 0.15) is 17.3 Å². The fourth-order valence-corrected chi connectivity index (χ4v) is 4.35. The number of nitrogens with one attached hydrogen (secondary N) is 1. The molecule has 1 N–H and O–H groups in total.